The lowest BCUT2D eigenvalue weighted by Gasteiger charge is -2.35. The Bertz CT molecular complexity index is 560. The van der Waals surface area contributed by atoms with E-state index in [9.17, 15) is 8.42 Å². The predicted octanol–water partition coefficient (Wildman–Crippen LogP) is 1.55. The van der Waals surface area contributed by atoms with Crippen LogP contribution in [0.25, 0.3) is 0 Å². The van der Waals surface area contributed by atoms with Gasteiger partial charge in [-0.3, -0.25) is 0 Å². The molecular formula is C15H25N3O2S. The SMILES string of the molecule is CCCNCC1CCCN(c2ccccc2S(N)(=O)=O)C1. The Morgan fingerprint density at radius 3 is 2.86 bits per heavy atom. The maximum atomic E-state index is 11.7. The summed E-state index contributed by atoms with van der Waals surface area (Å²) in [7, 11) is -3.68. The molecule has 6 heteroatoms. The molecule has 118 valence electrons. The molecular weight excluding hydrogens is 286 g/mol. The van der Waals surface area contributed by atoms with Gasteiger partial charge >= 0.3 is 0 Å². The molecule has 1 aromatic carbocycles. The van der Waals surface area contributed by atoms with Crippen LogP contribution in [0.3, 0.4) is 0 Å². The van der Waals surface area contributed by atoms with E-state index in [1.807, 2.05) is 12.1 Å². The Morgan fingerprint density at radius 2 is 2.14 bits per heavy atom. The van der Waals surface area contributed by atoms with Crippen LogP contribution in [-0.2, 0) is 10.0 Å². The molecule has 0 aliphatic carbocycles. The Hall–Kier alpha value is -1.11. The molecule has 0 radical (unpaired) electrons. The summed E-state index contributed by atoms with van der Waals surface area (Å²) in [5.41, 5.74) is 0.736. The first-order chi connectivity index (χ1) is 10.0. The molecule has 0 saturated carbocycles. The molecule has 0 aromatic heterocycles. The highest BCUT2D eigenvalue weighted by atomic mass is 32.2. The summed E-state index contributed by atoms with van der Waals surface area (Å²) in [6.45, 7) is 5.94. The van der Waals surface area contributed by atoms with Gasteiger partial charge in [0.25, 0.3) is 0 Å². The zero-order valence-corrected chi connectivity index (χ0v) is 13.4. The van der Waals surface area contributed by atoms with Crippen LogP contribution < -0.4 is 15.4 Å². The molecule has 5 nitrogen and oxygen atoms in total. The van der Waals surface area contributed by atoms with E-state index in [4.69, 9.17) is 5.14 Å². The van der Waals surface area contributed by atoms with Gasteiger partial charge < -0.3 is 10.2 Å². The first kappa shape index (κ1) is 16.3. The van der Waals surface area contributed by atoms with Crippen molar-refractivity contribution in [1.82, 2.24) is 5.32 Å². The molecule has 0 amide bonds. The van der Waals surface area contributed by atoms with Crippen molar-refractivity contribution in [3.63, 3.8) is 0 Å². The van der Waals surface area contributed by atoms with E-state index in [0.717, 1.165) is 44.7 Å². The van der Waals surface area contributed by atoms with Gasteiger partial charge in [-0.1, -0.05) is 19.1 Å². The zero-order chi connectivity index (χ0) is 15.3. The second-order valence-electron chi connectivity index (χ2n) is 5.67. The monoisotopic (exact) mass is 311 g/mol. The van der Waals surface area contributed by atoms with Crippen LogP contribution in [0.5, 0.6) is 0 Å². The van der Waals surface area contributed by atoms with Crippen LogP contribution in [0.2, 0.25) is 0 Å². The maximum absolute atomic E-state index is 11.7. The largest absolute Gasteiger partial charge is 0.370 e. The van der Waals surface area contributed by atoms with Crippen LogP contribution in [0.15, 0.2) is 29.2 Å². The molecule has 1 unspecified atom stereocenters. The van der Waals surface area contributed by atoms with Gasteiger partial charge in [0.05, 0.1) is 5.69 Å². The Labute approximate surface area is 127 Å². The highest BCUT2D eigenvalue weighted by Crippen LogP contribution is 2.28. The molecule has 1 saturated heterocycles. The van der Waals surface area contributed by atoms with Crippen molar-refractivity contribution >= 4 is 15.7 Å². The summed E-state index contributed by atoms with van der Waals surface area (Å²) in [6, 6.07) is 7.02. The number of primary sulfonamides is 1. The van der Waals surface area contributed by atoms with E-state index in [-0.39, 0.29) is 4.90 Å². The molecule has 0 spiro atoms. The summed E-state index contributed by atoms with van der Waals surface area (Å²) < 4.78 is 23.5. The predicted molar refractivity (Wildman–Crippen MR) is 85.9 cm³/mol. The van der Waals surface area contributed by atoms with Crippen molar-refractivity contribution in [1.29, 1.82) is 0 Å². The number of anilines is 1. The van der Waals surface area contributed by atoms with Gasteiger partial charge in [-0.05, 0) is 50.4 Å². The van der Waals surface area contributed by atoms with Crippen LogP contribution in [-0.4, -0.2) is 34.6 Å². The summed E-state index contributed by atoms with van der Waals surface area (Å²) in [4.78, 5) is 2.38. The molecule has 1 aliphatic heterocycles. The molecule has 3 N–H and O–H groups in total. The van der Waals surface area contributed by atoms with Gasteiger partial charge in [-0.15, -0.1) is 0 Å². The summed E-state index contributed by atoms with van der Waals surface area (Å²) in [6.07, 6.45) is 3.40. The van der Waals surface area contributed by atoms with E-state index in [1.54, 1.807) is 12.1 Å². The zero-order valence-electron chi connectivity index (χ0n) is 12.6. The lowest BCUT2D eigenvalue weighted by Crippen LogP contribution is -2.40. The highest BCUT2D eigenvalue weighted by molar-refractivity contribution is 7.89. The van der Waals surface area contributed by atoms with E-state index in [0.29, 0.717) is 5.92 Å². The van der Waals surface area contributed by atoms with Gasteiger partial charge in [0.1, 0.15) is 4.90 Å². The summed E-state index contributed by atoms with van der Waals surface area (Å²) in [5, 5.41) is 8.78. The van der Waals surface area contributed by atoms with Gasteiger partial charge in [-0.25, -0.2) is 13.6 Å². The molecule has 1 heterocycles. The third-order valence-corrected chi connectivity index (χ3v) is 4.85. The minimum Gasteiger partial charge on any atom is -0.370 e. The number of rotatable bonds is 6. The molecule has 1 atom stereocenters. The Balaban J connectivity index is 2.11. The number of para-hydroxylation sites is 1. The molecule has 21 heavy (non-hydrogen) atoms. The third kappa shape index (κ3) is 4.43. The lowest BCUT2D eigenvalue weighted by atomic mass is 9.97. The van der Waals surface area contributed by atoms with E-state index >= 15 is 0 Å². The number of piperidine rings is 1. The molecule has 2 rings (SSSR count). The van der Waals surface area contributed by atoms with Gasteiger partial charge in [-0.2, -0.15) is 0 Å². The van der Waals surface area contributed by atoms with Crippen molar-refractivity contribution in [2.24, 2.45) is 11.1 Å². The first-order valence-electron chi connectivity index (χ1n) is 7.60. The maximum Gasteiger partial charge on any atom is 0.240 e. The second kappa shape index (κ2) is 7.24. The van der Waals surface area contributed by atoms with Crippen LogP contribution >= 0.6 is 0 Å². The average Bonchev–Trinajstić information content (AvgIpc) is 2.47. The van der Waals surface area contributed by atoms with Crippen LogP contribution in [0.4, 0.5) is 5.69 Å². The average molecular weight is 311 g/mol. The smallest absolute Gasteiger partial charge is 0.240 e. The highest BCUT2D eigenvalue weighted by Gasteiger charge is 2.24. The van der Waals surface area contributed by atoms with E-state index < -0.39 is 10.0 Å². The van der Waals surface area contributed by atoms with E-state index in [2.05, 4.69) is 17.1 Å². The third-order valence-electron chi connectivity index (χ3n) is 3.89. The van der Waals surface area contributed by atoms with Crippen LogP contribution in [0, 0.1) is 5.92 Å². The minimum absolute atomic E-state index is 0.229. The molecule has 1 aliphatic rings. The topological polar surface area (TPSA) is 75.4 Å². The van der Waals surface area contributed by atoms with Crippen LogP contribution in [0.1, 0.15) is 26.2 Å². The number of sulfonamides is 1. The van der Waals surface area contributed by atoms with Crippen molar-refractivity contribution in [2.75, 3.05) is 31.1 Å². The molecule has 0 bridgehead atoms. The number of nitrogens with zero attached hydrogens (tertiary/aromatic N) is 1. The van der Waals surface area contributed by atoms with E-state index in [1.165, 1.54) is 6.42 Å². The number of hydrogen-bond acceptors (Lipinski definition) is 4. The molecule has 1 fully saturated rings. The fraction of sp³-hybridized carbons (Fsp3) is 0.600. The minimum atomic E-state index is -3.68. The van der Waals surface area contributed by atoms with Crippen molar-refractivity contribution in [3.8, 4) is 0 Å². The van der Waals surface area contributed by atoms with Gasteiger partial charge in [0.15, 0.2) is 0 Å². The summed E-state index contributed by atoms with van der Waals surface area (Å²) in [5.74, 6) is 0.554. The second-order valence-corrected chi connectivity index (χ2v) is 7.20. The fourth-order valence-corrected chi connectivity index (χ4v) is 3.65. The number of nitrogens with one attached hydrogen (secondary N) is 1. The van der Waals surface area contributed by atoms with Gasteiger partial charge in [0.2, 0.25) is 10.0 Å². The normalized spacial score (nSPS) is 19.7. The lowest BCUT2D eigenvalue weighted by molar-refractivity contribution is 0.391. The number of benzene rings is 1. The van der Waals surface area contributed by atoms with Gasteiger partial charge in [0, 0.05) is 13.1 Å². The Kier molecular flexibility index (Phi) is 5.61. The van der Waals surface area contributed by atoms with Crippen molar-refractivity contribution < 1.29 is 8.42 Å². The quantitative estimate of drug-likeness (QED) is 0.782. The first-order valence-corrected chi connectivity index (χ1v) is 9.14. The fourth-order valence-electron chi connectivity index (χ4n) is 2.89. The van der Waals surface area contributed by atoms with Crippen molar-refractivity contribution in [2.45, 2.75) is 31.1 Å². The standard InChI is InChI=1S/C15H25N3O2S/c1-2-9-17-11-13-6-5-10-18(12-13)14-7-3-4-8-15(14)21(16,19)20/h3-4,7-8,13,17H,2,5-6,9-12H2,1H3,(H2,16,19,20). The molecule has 1 aromatic rings. The summed E-state index contributed by atoms with van der Waals surface area (Å²) >= 11 is 0. The number of nitrogens with two attached hydrogens (primary N) is 1. The number of hydrogen-bond donors (Lipinski definition) is 2. The van der Waals surface area contributed by atoms with Crippen molar-refractivity contribution in [3.05, 3.63) is 24.3 Å². The Morgan fingerprint density at radius 1 is 1.38 bits per heavy atom.